The molecule has 1 saturated carbocycles. The van der Waals surface area contributed by atoms with E-state index in [2.05, 4.69) is 22.8 Å². The molecule has 1 aromatic heterocycles. The van der Waals surface area contributed by atoms with E-state index < -0.39 is 0 Å². The molecule has 1 fully saturated rings. The van der Waals surface area contributed by atoms with Crippen molar-refractivity contribution in [3.05, 3.63) is 17.1 Å². The van der Waals surface area contributed by atoms with E-state index in [1.54, 1.807) is 0 Å². The molecule has 1 atom stereocenters. The van der Waals surface area contributed by atoms with Gasteiger partial charge in [-0.05, 0) is 35.9 Å². The van der Waals surface area contributed by atoms with E-state index in [9.17, 15) is 0 Å². The van der Waals surface area contributed by atoms with Crippen molar-refractivity contribution < 1.29 is 0 Å². The fourth-order valence-electron chi connectivity index (χ4n) is 2.49. The molecule has 0 saturated heterocycles. The Morgan fingerprint density at radius 3 is 2.79 bits per heavy atom. The van der Waals surface area contributed by atoms with Crippen LogP contribution >= 0.6 is 11.5 Å². The van der Waals surface area contributed by atoms with Gasteiger partial charge in [-0.15, -0.1) is 0 Å². The molecular weight excluding hydrogens is 194 g/mol. The van der Waals surface area contributed by atoms with Crippen LogP contribution in [-0.4, -0.2) is 4.37 Å². The van der Waals surface area contributed by atoms with Crippen LogP contribution < -0.4 is 11.3 Å². The standard InChI is InChI=1S/C10H17N3S/c1-10(5-2-3-6-10)9(12-11)8-4-7-14-13-8/h4,7,9,12H,2-3,5-6,11H2,1H3. The lowest BCUT2D eigenvalue weighted by Gasteiger charge is -2.32. The first-order valence-corrected chi connectivity index (χ1v) is 5.96. The van der Waals surface area contributed by atoms with E-state index in [4.69, 9.17) is 5.84 Å². The van der Waals surface area contributed by atoms with Crippen LogP contribution in [0.3, 0.4) is 0 Å². The second kappa shape index (κ2) is 3.96. The van der Waals surface area contributed by atoms with Gasteiger partial charge in [0.15, 0.2) is 0 Å². The summed E-state index contributed by atoms with van der Waals surface area (Å²) in [6, 6.07) is 2.29. The summed E-state index contributed by atoms with van der Waals surface area (Å²) in [4.78, 5) is 0. The summed E-state index contributed by atoms with van der Waals surface area (Å²) in [5.41, 5.74) is 4.32. The molecule has 0 aromatic carbocycles. The SMILES string of the molecule is CC1(C(NN)c2ccsn2)CCCC1. The highest BCUT2D eigenvalue weighted by Crippen LogP contribution is 2.46. The molecule has 0 amide bonds. The first-order valence-electron chi connectivity index (χ1n) is 5.13. The average molecular weight is 211 g/mol. The van der Waals surface area contributed by atoms with Crippen molar-refractivity contribution in [3.8, 4) is 0 Å². The summed E-state index contributed by atoms with van der Waals surface area (Å²) >= 11 is 1.50. The maximum Gasteiger partial charge on any atom is 0.0730 e. The van der Waals surface area contributed by atoms with Crippen LogP contribution in [0.2, 0.25) is 0 Å². The predicted octanol–water partition coefficient (Wildman–Crippen LogP) is 2.23. The zero-order chi connectivity index (χ0) is 10.0. The van der Waals surface area contributed by atoms with Gasteiger partial charge in [-0.2, -0.15) is 4.37 Å². The quantitative estimate of drug-likeness (QED) is 0.595. The highest BCUT2D eigenvalue weighted by molar-refractivity contribution is 7.03. The number of aromatic nitrogens is 1. The molecule has 1 unspecified atom stereocenters. The molecule has 1 aromatic rings. The van der Waals surface area contributed by atoms with Gasteiger partial charge in [0.2, 0.25) is 0 Å². The summed E-state index contributed by atoms with van der Waals surface area (Å²) in [6.45, 7) is 2.31. The molecule has 1 heterocycles. The third-order valence-electron chi connectivity index (χ3n) is 3.36. The van der Waals surface area contributed by atoms with E-state index in [1.807, 2.05) is 5.38 Å². The summed E-state index contributed by atoms with van der Waals surface area (Å²) in [5.74, 6) is 5.64. The van der Waals surface area contributed by atoms with Gasteiger partial charge in [0.25, 0.3) is 0 Å². The molecule has 3 nitrogen and oxygen atoms in total. The summed E-state index contributed by atoms with van der Waals surface area (Å²) in [5, 5.41) is 2.01. The number of hydrazine groups is 1. The Morgan fingerprint density at radius 2 is 2.29 bits per heavy atom. The Labute approximate surface area is 88.8 Å². The minimum Gasteiger partial charge on any atom is -0.271 e. The van der Waals surface area contributed by atoms with Crippen molar-refractivity contribution in [2.45, 2.75) is 38.6 Å². The Kier molecular flexibility index (Phi) is 2.85. The van der Waals surface area contributed by atoms with Gasteiger partial charge in [-0.1, -0.05) is 19.8 Å². The second-order valence-corrected chi connectivity index (χ2v) is 5.05. The van der Waals surface area contributed by atoms with Gasteiger partial charge >= 0.3 is 0 Å². The lowest BCUT2D eigenvalue weighted by Crippen LogP contribution is -2.38. The van der Waals surface area contributed by atoms with E-state index in [-0.39, 0.29) is 6.04 Å². The van der Waals surface area contributed by atoms with Gasteiger partial charge in [-0.3, -0.25) is 11.3 Å². The number of nitrogens with one attached hydrogen (secondary N) is 1. The van der Waals surface area contributed by atoms with Gasteiger partial charge in [0.1, 0.15) is 0 Å². The lowest BCUT2D eigenvalue weighted by atomic mass is 9.79. The van der Waals surface area contributed by atoms with Crippen molar-refractivity contribution in [2.75, 3.05) is 0 Å². The van der Waals surface area contributed by atoms with Crippen molar-refractivity contribution >= 4 is 11.5 Å². The van der Waals surface area contributed by atoms with E-state index in [1.165, 1.54) is 37.2 Å². The van der Waals surface area contributed by atoms with Gasteiger partial charge in [0.05, 0.1) is 11.7 Å². The minimum absolute atomic E-state index is 0.219. The van der Waals surface area contributed by atoms with E-state index >= 15 is 0 Å². The second-order valence-electron chi connectivity index (χ2n) is 4.39. The van der Waals surface area contributed by atoms with Gasteiger partial charge in [-0.25, -0.2) is 0 Å². The number of hydrogen-bond donors (Lipinski definition) is 2. The number of hydrogen-bond acceptors (Lipinski definition) is 4. The minimum atomic E-state index is 0.219. The molecule has 0 bridgehead atoms. The molecule has 4 heteroatoms. The first kappa shape index (κ1) is 10.1. The van der Waals surface area contributed by atoms with Crippen LogP contribution in [0.1, 0.15) is 44.3 Å². The van der Waals surface area contributed by atoms with E-state index in [0.29, 0.717) is 5.41 Å². The fraction of sp³-hybridized carbons (Fsp3) is 0.700. The molecule has 1 aliphatic carbocycles. The highest BCUT2D eigenvalue weighted by atomic mass is 32.1. The third-order valence-corrected chi connectivity index (χ3v) is 3.94. The van der Waals surface area contributed by atoms with Crippen LogP contribution in [-0.2, 0) is 0 Å². The topological polar surface area (TPSA) is 50.9 Å². The first-order chi connectivity index (χ1) is 6.76. The highest BCUT2D eigenvalue weighted by Gasteiger charge is 2.38. The van der Waals surface area contributed by atoms with Crippen LogP contribution in [0.5, 0.6) is 0 Å². The Bertz CT molecular complexity index is 278. The maximum absolute atomic E-state index is 5.64. The molecule has 3 N–H and O–H groups in total. The fourth-order valence-corrected chi connectivity index (χ4v) is 3.03. The number of rotatable bonds is 3. The molecule has 1 aliphatic rings. The van der Waals surface area contributed by atoms with Crippen LogP contribution in [0, 0.1) is 5.41 Å². The predicted molar refractivity (Wildman–Crippen MR) is 58.8 cm³/mol. The molecule has 2 rings (SSSR count). The molecule has 78 valence electrons. The monoisotopic (exact) mass is 211 g/mol. The van der Waals surface area contributed by atoms with Gasteiger partial charge in [0, 0.05) is 5.38 Å². The average Bonchev–Trinajstić information content (AvgIpc) is 2.78. The zero-order valence-corrected chi connectivity index (χ0v) is 9.31. The maximum atomic E-state index is 5.64. The molecule has 0 aliphatic heterocycles. The third kappa shape index (κ3) is 1.69. The Morgan fingerprint density at radius 1 is 1.57 bits per heavy atom. The summed E-state index contributed by atoms with van der Waals surface area (Å²) < 4.78 is 4.38. The summed E-state index contributed by atoms with van der Waals surface area (Å²) in [7, 11) is 0. The molecule has 0 radical (unpaired) electrons. The van der Waals surface area contributed by atoms with Crippen LogP contribution in [0.15, 0.2) is 11.4 Å². The van der Waals surface area contributed by atoms with Crippen LogP contribution in [0.4, 0.5) is 0 Å². The molecule has 14 heavy (non-hydrogen) atoms. The number of nitrogens with zero attached hydrogens (tertiary/aromatic N) is 1. The van der Waals surface area contributed by atoms with Crippen molar-refractivity contribution in [3.63, 3.8) is 0 Å². The lowest BCUT2D eigenvalue weighted by molar-refractivity contribution is 0.222. The van der Waals surface area contributed by atoms with E-state index in [0.717, 1.165) is 5.69 Å². The Balaban J connectivity index is 2.20. The van der Waals surface area contributed by atoms with Crippen molar-refractivity contribution in [2.24, 2.45) is 11.3 Å². The zero-order valence-electron chi connectivity index (χ0n) is 8.49. The normalized spacial score (nSPS) is 22.4. The smallest absolute Gasteiger partial charge is 0.0730 e. The van der Waals surface area contributed by atoms with Gasteiger partial charge < -0.3 is 0 Å². The molecule has 0 spiro atoms. The molecular formula is C10H17N3S. The van der Waals surface area contributed by atoms with Crippen molar-refractivity contribution in [1.29, 1.82) is 0 Å². The largest absolute Gasteiger partial charge is 0.271 e. The summed E-state index contributed by atoms with van der Waals surface area (Å²) in [6.07, 6.45) is 5.14. The van der Waals surface area contributed by atoms with Crippen molar-refractivity contribution in [1.82, 2.24) is 9.80 Å². The van der Waals surface area contributed by atoms with Crippen LogP contribution in [0.25, 0.3) is 0 Å². The number of nitrogens with two attached hydrogens (primary N) is 1. The Hall–Kier alpha value is -0.450.